The molecule has 0 atom stereocenters. The van der Waals surface area contributed by atoms with E-state index in [1.54, 1.807) is 6.08 Å². The minimum atomic E-state index is 1.10. The van der Waals surface area contributed by atoms with Gasteiger partial charge in [0.15, 0.2) is 0 Å². The molecule has 0 N–H and O–H groups in total. The van der Waals surface area contributed by atoms with Gasteiger partial charge in [0.05, 0.1) is 0 Å². The van der Waals surface area contributed by atoms with Crippen molar-refractivity contribution in [3.05, 3.63) is 59.8 Å². The van der Waals surface area contributed by atoms with Crippen LogP contribution in [0.1, 0.15) is 25.0 Å². The zero-order chi connectivity index (χ0) is 12.4. The summed E-state index contributed by atoms with van der Waals surface area (Å²) in [6.45, 7) is 8.12. The van der Waals surface area contributed by atoms with Crippen LogP contribution in [0.25, 0.3) is 5.57 Å². The Hall–Kier alpha value is -1.76. The Morgan fingerprint density at radius 1 is 1.29 bits per heavy atom. The summed E-state index contributed by atoms with van der Waals surface area (Å²) < 4.78 is 0. The fourth-order valence-electron chi connectivity index (χ4n) is 2.21. The molecular formula is C16H19N. The summed E-state index contributed by atoms with van der Waals surface area (Å²) in [5.41, 5.74) is 6.99. The fraction of sp³-hybridized carbons (Fsp3) is 0.250. The molecule has 88 valence electrons. The van der Waals surface area contributed by atoms with Crippen LogP contribution in [-0.2, 0) is 6.42 Å². The van der Waals surface area contributed by atoms with E-state index in [4.69, 9.17) is 0 Å². The molecule has 0 saturated carbocycles. The van der Waals surface area contributed by atoms with E-state index in [0.29, 0.717) is 0 Å². The van der Waals surface area contributed by atoms with Gasteiger partial charge in [0, 0.05) is 18.9 Å². The van der Waals surface area contributed by atoms with Crippen LogP contribution in [0.5, 0.6) is 0 Å². The summed E-state index contributed by atoms with van der Waals surface area (Å²) in [6, 6.07) is 6.69. The lowest BCUT2D eigenvalue weighted by molar-refractivity contribution is 1.17. The Bertz CT molecular complexity index is 506. The van der Waals surface area contributed by atoms with Crippen molar-refractivity contribution in [1.82, 2.24) is 0 Å². The minimum Gasteiger partial charge on any atom is -0.351 e. The molecule has 1 aliphatic carbocycles. The molecule has 0 radical (unpaired) electrons. The molecule has 0 aromatic heterocycles. The lowest BCUT2D eigenvalue weighted by Crippen LogP contribution is -2.07. The van der Waals surface area contributed by atoms with Crippen molar-refractivity contribution >= 4 is 11.3 Å². The number of anilines is 1. The Kier molecular flexibility index (Phi) is 3.19. The van der Waals surface area contributed by atoms with Crippen LogP contribution < -0.4 is 4.90 Å². The standard InChI is InChI=1S/C16H19N/c1-5-6-9-17(4)15-8-7-14-10-12(2)13(3)16(14)11-15/h5-9,11H,1,10H2,2-4H3/b9-6+. The van der Waals surface area contributed by atoms with E-state index in [-0.39, 0.29) is 0 Å². The van der Waals surface area contributed by atoms with Crippen molar-refractivity contribution < 1.29 is 0 Å². The third-order valence-corrected chi connectivity index (χ3v) is 3.45. The number of hydrogen-bond donors (Lipinski definition) is 0. The lowest BCUT2D eigenvalue weighted by Gasteiger charge is -2.15. The van der Waals surface area contributed by atoms with Crippen LogP contribution in [0, 0.1) is 0 Å². The summed E-state index contributed by atoms with van der Waals surface area (Å²) in [7, 11) is 2.06. The normalized spacial score (nSPS) is 14.3. The third kappa shape index (κ3) is 2.19. The van der Waals surface area contributed by atoms with Gasteiger partial charge in [0.1, 0.15) is 0 Å². The van der Waals surface area contributed by atoms with Crippen LogP contribution in [0.2, 0.25) is 0 Å². The van der Waals surface area contributed by atoms with Gasteiger partial charge in [-0.3, -0.25) is 0 Å². The van der Waals surface area contributed by atoms with Gasteiger partial charge in [-0.2, -0.15) is 0 Å². The van der Waals surface area contributed by atoms with Gasteiger partial charge in [-0.15, -0.1) is 0 Å². The summed E-state index contributed by atoms with van der Waals surface area (Å²) in [4.78, 5) is 2.11. The zero-order valence-electron chi connectivity index (χ0n) is 10.8. The van der Waals surface area contributed by atoms with Crippen LogP contribution in [-0.4, -0.2) is 7.05 Å². The maximum atomic E-state index is 3.69. The highest BCUT2D eigenvalue weighted by Gasteiger charge is 2.15. The SMILES string of the molecule is C=C/C=C/N(C)c1ccc2c(c1)C(C)=C(C)C2. The number of nitrogens with zero attached hydrogens (tertiary/aromatic N) is 1. The fourth-order valence-corrected chi connectivity index (χ4v) is 2.21. The molecule has 0 amide bonds. The summed E-state index contributed by atoms with van der Waals surface area (Å²) in [6.07, 6.45) is 6.86. The molecule has 0 fully saturated rings. The van der Waals surface area contributed by atoms with Crippen molar-refractivity contribution in [2.24, 2.45) is 0 Å². The first-order valence-corrected chi connectivity index (χ1v) is 5.95. The highest BCUT2D eigenvalue weighted by atomic mass is 15.1. The van der Waals surface area contributed by atoms with Gasteiger partial charge in [0.2, 0.25) is 0 Å². The molecular weight excluding hydrogens is 206 g/mol. The van der Waals surface area contributed by atoms with Gasteiger partial charge in [0.25, 0.3) is 0 Å². The topological polar surface area (TPSA) is 3.24 Å². The number of rotatable bonds is 3. The van der Waals surface area contributed by atoms with Crippen molar-refractivity contribution in [3.63, 3.8) is 0 Å². The molecule has 0 bridgehead atoms. The van der Waals surface area contributed by atoms with Crippen molar-refractivity contribution in [1.29, 1.82) is 0 Å². The average molecular weight is 225 g/mol. The quantitative estimate of drug-likeness (QED) is 0.698. The van der Waals surface area contributed by atoms with Crippen molar-refractivity contribution in [2.45, 2.75) is 20.3 Å². The van der Waals surface area contributed by atoms with E-state index < -0.39 is 0 Å². The summed E-state index contributed by atoms with van der Waals surface area (Å²) in [5.74, 6) is 0. The molecule has 0 heterocycles. The smallest absolute Gasteiger partial charge is 0.0409 e. The second-order valence-corrected chi connectivity index (χ2v) is 4.61. The molecule has 2 rings (SSSR count). The molecule has 0 saturated heterocycles. The Morgan fingerprint density at radius 2 is 2.06 bits per heavy atom. The van der Waals surface area contributed by atoms with Crippen LogP contribution in [0.15, 0.2) is 48.7 Å². The first kappa shape index (κ1) is 11.7. The van der Waals surface area contributed by atoms with Gasteiger partial charge in [-0.05, 0) is 55.2 Å². The van der Waals surface area contributed by atoms with Gasteiger partial charge in [-0.1, -0.05) is 24.3 Å². The summed E-state index contributed by atoms with van der Waals surface area (Å²) >= 11 is 0. The largest absolute Gasteiger partial charge is 0.351 e. The highest BCUT2D eigenvalue weighted by molar-refractivity contribution is 5.77. The predicted molar refractivity (Wildman–Crippen MR) is 76.2 cm³/mol. The summed E-state index contributed by atoms with van der Waals surface area (Å²) in [5, 5.41) is 0. The van der Waals surface area contributed by atoms with Crippen LogP contribution in [0.3, 0.4) is 0 Å². The van der Waals surface area contributed by atoms with Gasteiger partial charge >= 0.3 is 0 Å². The zero-order valence-corrected chi connectivity index (χ0v) is 10.8. The predicted octanol–water partition coefficient (Wildman–Crippen LogP) is 4.17. The van der Waals surface area contributed by atoms with Crippen molar-refractivity contribution in [2.75, 3.05) is 11.9 Å². The molecule has 1 aromatic rings. The van der Waals surface area contributed by atoms with Gasteiger partial charge in [-0.25, -0.2) is 0 Å². The van der Waals surface area contributed by atoms with Crippen LogP contribution in [0.4, 0.5) is 5.69 Å². The third-order valence-electron chi connectivity index (χ3n) is 3.45. The molecule has 0 spiro atoms. The first-order chi connectivity index (χ1) is 8.13. The van der Waals surface area contributed by atoms with E-state index in [1.807, 2.05) is 12.3 Å². The molecule has 1 aliphatic rings. The lowest BCUT2D eigenvalue weighted by atomic mass is 10.1. The number of hydrogen-bond acceptors (Lipinski definition) is 1. The molecule has 1 heteroatoms. The van der Waals surface area contributed by atoms with E-state index >= 15 is 0 Å². The Labute approximate surface area is 104 Å². The highest BCUT2D eigenvalue weighted by Crippen LogP contribution is 2.34. The van der Waals surface area contributed by atoms with E-state index in [9.17, 15) is 0 Å². The van der Waals surface area contributed by atoms with E-state index in [0.717, 1.165) is 6.42 Å². The minimum absolute atomic E-state index is 1.10. The Balaban J connectivity index is 2.34. The number of benzene rings is 1. The van der Waals surface area contributed by atoms with E-state index in [2.05, 4.69) is 50.6 Å². The van der Waals surface area contributed by atoms with E-state index in [1.165, 1.54) is 28.0 Å². The second-order valence-electron chi connectivity index (χ2n) is 4.61. The first-order valence-electron chi connectivity index (χ1n) is 5.95. The van der Waals surface area contributed by atoms with Crippen LogP contribution >= 0.6 is 0 Å². The maximum Gasteiger partial charge on any atom is 0.0409 e. The Morgan fingerprint density at radius 3 is 2.76 bits per heavy atom. The second kappa shape index (κ2) is 4.62. The molecule has 1 aromatic carbocycles. The van der Waals surface area contributed by atoms with Crippen molar-refractivity contribution in [3.8, 4) is 0 Å². The molecule has 17 heavy (non-hydrogen) atoms. The molecule has 0 aliphatic heterocycles. The maximum absolute atomic E-state index is 3.69. The molecule has 0 unspecified atom stereocenters. The number of allylic oxidation sites excluding steroid dienone is 4. The monoisotopic (exact) mass is 225 g/mol. The van der Waals surface area contributed by atoms with Gasteiger partial charge < -0.3 is 4.90 Å². The average Bonchev–Trinajstić information content (AvgIpc) is 2.62. The molecule has 1 nitrogen and oxygen atoms in total. The number of fused-ring (bicyclic) bond motifs is 1.